The molecule has 1 fully saturated rings. The molecule has 1 saturated heterocycles. The van der Waals surface area contributed by atoms with E-state index >= 15 is 0 Å². The number of carbonyl (C=O) groups is 1. The predicted molar refractivity (Wildman–Crippen MR) is 49.9 cm³/mol. The summed E-state index contributed by atoms with van der Waals surface area (Å²) in [6.07, 6.45) is 0.938. The van der Waals surface area contributed by atoms with E-state index in [0.29, 0.717) is 0 Å². The van der Waals surface area contributed by atoms with Gasteiger partial charge in [0.2, 0.25) is 6.41 Å². The molecule has 2 N–H and O–H groups in total. The van der Waals surface area contributed by atoms with Gasteiger partial charge in [0.1, 0.15) is 0 Å². The van der Waals surface area contributed by atoms with Crippen LogP contribution in [0.15, 0.2) is 0 Å². The molecule has 0 aromatic rings. The Hall–Kier alpha value is -0.610. The summed E-state index contributed by atoms with van der Waals surface area (Å²) in [6.45, 7) is 7.13. The highest BCUT2D eigenvalue weighted by atomic mass is 16.1. The summed E-state index contributed by atoms with van der Waals surface area (Å²) in [6, 6.07) is 0. The molecule has 0 bridgehead atoms. The number of amides is 1. The van der Waals surface area contributed by atoms with Gasteiger partial charge in [0.05, 0.1) is 0 Å². The summed E-state index contributed by atoms with van der Waals surface area (Å²) >= 11 is 0. The molecule has 0 aromatic carbocycles. The minimum Gasteiger partial charge on any atom is -0.343 e. The molecule has 0 aliphatic carbocycles. The monoisotopic (exact) mass is 173 g/mol. The van der Waals surface area contributed by atoms with Crippen LogP contribution in [0.3, 0.4) is 0 Å². The highest BCUT2D eigenvalue weighted by molar-refractivity contribution is 5.47. The van der Waals surface area contributed by atoms with Gasteiger partial charge < -0.3 is 15.5 Å². The van der Waals surface area contributed by atoms with E-state index in [0.717, 1.165) is 39.1 Å². The molecule has 1 heterocycles. The van der Waals surface area contributed by atoms with Crippen molar-refractivity contribution in [1.29, 1.82) is 0 Å². The van der Waals surface area contributed by atoms with E-state index in [1.54, 1.807) is 0 Å². The van der Waals surface area contributed by atoms with Gasteiger partial charge in [-0.3, -0.25) is 4.79 Å². The molecule has 0 saturated carbocycles. The third kappa shape index (κ3) is 3.69. The minimum atomic E-state index is 0.900. The Morgan fingerprint density at radius 1 is 1.25 bits per heavy atom. The van der Waals surface area contributed by atoms with Gasteiger partial charge in [-0.2, -0.15) is 0 Å². The Labute approximate surface area is 74.3 Å². The third-order valence-corrected chi connectivity index (χ3v) is 2.00. The first-order valence-corrected chi connectivity index (χ1v) is 4.36. The lowest BCUT2D eigenvalue weighted by Gasteiger charge is -2.31. The second kappa shape index (κ2) is 7.06. The lowest BCUT2D eigenvalue weighted by Crippen LogP contribution is -2.45. The zero-order valence-corrected chi connectivity index (χ0v) is 7.99. The number of nitrogens with two attached hydrogens (primary N) is 1. The van der Waals surface area contributed by atoms with Gasteiger partial charge >= 0.3 is 0 Å². The van der Waals surface area contributed by atoms with E-state index in [9.17, 15) is 4.79 Å². The van der Waals surface area contributed by atoms with Gasteiger partial charge in [-0.25, -0.2) is 0 Å². The van der Waals surface area contributed by atoms with Crippen LogP contribution >= 0.6 is 0 Å². The lowest BCUT2D eigenvalue weighted by molar-refractivity contribution is -0.119. The smallest absolute Gasteiger partial charge is 0.209 e. The van der Waals surface area contributed by atoms with E-state index in [-0.39, 0.29) is 0 Å². The molecule has 1 rings (SSSR count). The van der Waals surface area contributed by atoms with E-state index < -0.39 is 0 Å². The average molecular weight is 173 g/mol. The second-order valence-electron chi connectivity index (χ2n) is 2.58. The van der Waals surface area contributed by atoms with Crippen LogP contribution in [-0.2, 0) is 4.79 Å². The van der Waals surface area contributed by atoms with Crippen LogP contribution in [0.2, 0.25) is 0 Å². The molecule has 12 heavy (non-hydrogen) atoms. The molecule has 0 radical (unpaired) electrons. The number of likely N-dealkylation sites (N-methyl/N-ethyl adjacent to an activating group) is 1. The van der Waals surface area contributed by atoms with Gasteiger partial charge in [-0.05, 0) is 13.6 Å². The standard InChI is InChI=1S/C7H14N2O.CH5N/c1-2-8-3-5-9(7-10)6-4-8;1-2/h7H,2-6H2,1H3;2H2,1H3. The van der Waals surface area contributed by atoms with E-state index in [2.05, 4.69) is 17.6 Å². The first kappa shape index (κ1) is 11.4. The minimum absolute atomic E-state index is 0.900. The maximum absolute atomic E-state index is 10.3. The topological polar surface area (TPSA) is 49.6 Å². The van der Waals surface area contributed by atoms with Crippen molar-refractivity contribution in [2.45, 2.75) is 6.92 Å². The fourth-order valence-electron chi connectivity index (χ4n) is 1.18. The molecule has 4 nitrogen and oxygen atoms in total. The number of carbonyl (C=O) groups excluding carboxylic acids is 1. The Balaban J connectivity index is 0.000000561. The first-order chi connectivity index (χ1) is 5.86. The molecular weight excluding hydrogens is 154 g/mol. The SMILES string of the molecule is CCN1CCN(C=O)CC1.CN. The van der Waals surface area contributed by atoms with Crippen molar-refractivity contribution in [2.75, 3.05) is 39.8 Å². The van der Waals surface area contributed by atoms with Crippen LogP contribution in [0.1, 0.15) is 6.92 Å². The lowest BCUT2D eigenvalue weighted by atomic mass is 10.3. The zero-order valence-electron chi connectivity index (χ0n) is 7.99. The van der Waals surface area contributed by atoms with Crippen molar-refractivity contribution in [1.82, 2.24) is 9.80 Å². The zero-order chi connectivity index (χ0) is 9.40. The highest BCUT2D eigenvalue weighted by Gasteiger charge is 2.12. The summed E-state index contributed by atoms with van der Waals surface area (Å²) in [5.74, 6) is 0. The molecule has 0 atom stereocenters. The van der Waals surface area contributed by atoms with E-state index in [1.165, 1.54) is 7.05 Å². The largest absolute Gasteiger partial charge is 0.343 e. The van der Waals surface area contributed by atoms with Crippen LogP contribution in [0, 0.1) is 0 Å². The molecular formula is C8H19N3O. The van der Waals surface area contributed by atoms with Crippen molar-refractivity contribution >= 4 is 6.41 Å². The molecule has 1 aliphatic heterocycles. The van der Waals surface area contributed by atoms with Crippen LogP contribution in [0.4, 0.5) is 0 Å². The third-order valence-electron chi connectivity index (χ3n) is 2.00. The van der Waals surface area contributed by atoms with E-state index in [4.69, 9.17) is 0 Å². The summed E-state index contributed by atoms with van der Waals surface area (Å²) in [5, 5.41) is 0. The Kier molecular flexibility index (Phi) is 6.70. The second-order valence-corrected chi connectivity index (χ2v) is 2.58. The quantitative estimate of drug-likeness (QED) is 0.565. The van der Waals surface area contributed by atoms with Crippen molar-refractivity contribution in [3.63, 3.8) is 0 Å². The average Bonchev–Trinajstić information content (AvgIpc) is 2.21. The number of hydrogen-bond donors (Lipinski definition) is 1. The fraction of sp³-hybridized carbons (Fsp3) is 0.875. The summed E-state index contributed by atoms with van der Waals surface area (Å²) < 4.78 is 0. The molecule has 1 amide bonds. The molecule has 4 heteroatoms. The molecule has 0 unspecified atom stereocenters. The van der Waals surface area contributed by atoms with Crippen molar-refractivity contribution in [2.24, 2.45) is 5.73 Å². The number of hydrogen-bond acceptors (Lipinski definition) is 3. The Morgan fingerprint density at radius 3 is 2.08 bits per heavy atom. The summed E-state index contributed by atoms with van der Waals surface area (Å²) in [5.41, 5.74) is 4.50. The van der Waals surface area contributed by atoms with Gasteiger partial charge in [0.15, 0.2) is 0 Å². The highest BCUT2D eigenvalue weighted by Crippen LogP contribution is 1.97. The fourth-order valence-corrected chi connectivity index (χ4v) is 1.18. The van der Waals surface area contributed by atoms with Crippen LogP contribution in [0.5, 0.6) is 0 Å². The van der Waals surface area contributed by atoms with Gasteiger partial charge in [-0.1, -0.05) is 6.92 Å². The number of piperazine rings is 1. The van der Waals surface area contributed by atoms with Crippen molar-refractivity contribution in [3.05, 3.63) is 0 Å². The van der Waals surface area contributed by atoms with Gasteiger partial charge in [0.25, 0.3) is 0 Å². The predicted octanol–water partition coefficient (Wildman–Crippen LogP) is -0.645. The van der Waals surface area contributed by atoms with Crippen molar-refractivity contribution in [3.8, 4) is 0 Å². The molecule has 72 valence electrons. The van der Waals surface area contributed by atoms with E-state index in [1.807, 2.05) is 4.90 Å². The van der Waals surface area contributed by atoms with Crippen LogP contribution in [0.25, 0.3) is 0 Å². The van der Waals surface area contributed by atoms with Crippen molar-refractivity contribution < 1.29 is 4.79 Å². The number of nitrogens with zero attached hydrogens (tertiary/aromatic N) is 2. The Morgan fingerprint density at radius 2 is 1.75 bits per heavy atom. The normalized spacial score (nSPS) is 18.1. The summed E-state index contributed by atoms with van der Waals surface area (Å²) in [4.78, 5) is 14.4. The summed E-state index contributed by atoms with van der Waals surface area (Å²) in [7, 11) is 1.50. The first-order valence-electron chi connectivity index (χ1n) is 4.36. The maximum Gasteiger partial charge on any atom is 0.209 e. The molecule has 0 aromatic heterocycles. The maximum atomic E-state index is 10.3. The van der Waals surface area contributed by atoms with Crippen LogP contribution < -0.4 is 5.73 Å². The van der Waals surface area contributed by atoms with Crippen LogP contribution in [-0.4, -0.2) is 56.0 Å². The number of rotatable bonds is 2. The molecule has 1 aliphatic rings. The Bertz CT molecular complexity index is 111. The van der Waals surface area contributed by atoms with Gasteiger partial charge in [0, 0.05) is 26.2 Å². The van der Waals surface area contributed by atoms with Gasteiger partial charge in [-0.15, -0.1) is 0 Å². The molecule has 0 spiro atoms.